The number of hydrogen-bond donors (Lipinski definition) is 1. The van der Waals surface area contributed by atoms with Gasteiger partial charge in [-0.3, -0.25) is 9.36 Å². The highest BCUT2D eigenvalue weighted by atomic mass is 32.2. The number of para-hydroxylation sites is 1. The van der Waals surface area contributed by atoms with Crippen molar-refractivity contribution in [3.63, 3.8) is 0 Å². The number of anilines is 1. The Hall–Kier alpha value is -3.17. The van der Waals surface area contributed by atoms with Crippen LogP contribution in [-0.2, 0) is 4.74 Å². The molecule has 0 bridgehead atoms. The van der Waals surface area contributed by atoms with Gasteiger partial charge in [0.05, 0.1) is 35.1 Å². The normalized spacial score (nSPS) is 15.2. The Kier molecular flexibility index (Phi) is 5.67. The molecule has 1 N–H and O–H groups in total. The first-order chi connectivity index (χ1) is 15.6. The summed E-state index contributed by atoms with van der Waals surface area (Å²) in [5.74, 6) is 1.41. The lowest BCUT2D eigenvalue weighted by Crippen LogP contribution is -2.37. The smallest absolute Gasteiger partial charge is 0.258 e. The van der Waals surface area contributed by atoms with Crippen LogP contribution in [0.1, 0.15) is 23.6 Å². The van der Waals surface area contributed by atoms with Crippen molar-refractivity contribution in [3.05, 3.63) is 70.3 Å². The highest BCUT2D eigenvalue weighted by molar-refractivity contribution is 7.99. The van der Waals surface area contributed by atoms with Gasteiger partial charge in [0.15, 0.2) is 5.16 Å². The monoisotopic (exact) mass is 448 g/mol. The van der Waals surface area contributed by atoms with E-state index in [0.717, 1.165) is 29.9 Å². The standard InChI is InChI=1S/C23H24N6O2S/c1-15-7-9-17(10-8-15)29-22(28-11-13-31-14-12-28)26-27-23(29)32-16(2)20-24-19-6-4-3-5-18(19)21(30)25-20/h3-10,16H,11-14H2,1-2H3,(H,24,25,30)/t16-/m1/s1. The molecule has 0 unspecified atom stereocenters. The summed E-state index contributed by atoms with van der Waals surface area (Å²) in [5, 5.41) is 10.2. The number of morpholine rings is 1. The second-order valence-electron chi connectivity index (χ2n) is 7.78. The minimum Gasteiger partial charge on any atom is -0.378 e. The van der Waals surface area contributed by atoms with Gasteiger partial charge in [0.1, 0.15) is 5.82 Å². The third-order valence-electron chi connectivity index (χ3n) is 5.50. The van der Waals surface area contributed by atoms with Crippen molar-refractivity contribution in [2.75, 3.05) is 31.2 Å². The molecule has 1 saturated heterocycles. The van der Waals surface area contributed by atoms with E-state index in [9.17, 15) is 4.79 Å². The molecule has 32 heavy (non-hydrogen) atoms. The van der Waals surface area contributed by atoms with E-state index in [2.05, 4.69) is 60.8 Å². The third-order valence-corrected chi connectivity index (χ3v) is 6.55. The number of aryl methyl sites for hydroxylation is 1. The van der Waals surface area contributed by atoms with E-state index < -0.39 is 0 Å². The van der Waals surface area contributed by atoms with E-state index in [0.29, 0.717) is 29.9 Å². The van der Waals surface area contributed by atoms with Gasteiger partial charge < -0.3 is 14.6 Å². The van der Waals surface area contributed by atoms with Gasteiger partial charge in [-0.2, -0.15) is 0 Å². The number of H-pyrrole nitrogens is 1. The molecular weight excluding hydrogens is 424 g/mol. The molecule has 3 heterocycles. The van der Waals surface area contributed by atoms with Gasteiger partial charge in [0.2, 0.25) is 5.95 Å². The summed E-state index contributed by atoms with van der Waals surface area (Å²) in [6.45, 7) is 6.95. The molecule has 5 rings (SSSR count). The summed E-state index contributed by atoms with van der Waals surface area (Å²) in [6.07, 6.45) is 0. The molecule has 0 spiro atoms. The minimum atomic E-state index is -0.132. The van der Waals surface area contributed by atoms with E-state index in [1.54, 1.807) is 6.07 Å². The van der Waals surface area contributed by atoms with Crippen LogP contribution in [0.25, 0.3) is 16.6 Å². The molecule has 2 aromatic heterocycles. The molecular formula is C23H24N6O2S. The predicted molar refractivity (Wildman–Crippen MR) is 126 cm³/mol. The summed E-state index contributed by atoms with van der Waals surface area (Å²) in [7, 11) is 0. The lowest BCUT2D eigenvalue weighted by atomic mass is 10.2. The fourth-order valence-electron chi connectivity index (χ4n) is 3.74. The Morgan fingerprint density at radius 2 is 1.81 bits per heavy atom. The zero-order valence-electron chi connectivity index (χ0n) is 18.0. The lowest BCUT2D eigenvalue weighted by Gasteiger charge is -2.28. The molecule has 0 radical (unpaired) electrons. The third kappa shape index (κ3) is 4.01. The number of nitrogens with zero attached hydrogens (tertiary/aromatic N) is 5. The van der Waals surface area contributed by atoms with Gasteiger partial charge in [-0.1, -0.05) is 41.6 Å². The minimum absolute atomic E-state index is 0.127. The molecule has 1 fully saturated rings. The Bertz CT molecular complexity index is 1290. The molecule has 1 atom stereocenters. The maximum atomic E-state index is 12.5. The molecule has 9 heteroatoms. The van der Waals surface area contributed by atoms with E-state index in [4.69, 9.17) is 4.74 Å². The van der Waals surface area contributed by atoms with Crippen LogP contribution in [0.3, 0.4) is 0 Å². The number of ether oxygens (including phenoxy) is 1. The van der Waals surface area contributed by atoms with Crippen molar-refractivity contribution in [2.24, 2.45) is 0 Å². The van der Waals surface area contributed by atoms with Crippen LogP contribution in [0.5, 0.6) is 0 Å². The molecule has 1 aliphatic rings. The number of benzene rings is 2. The number of fused-ring (bicyclic) bond motifs is 1. The molecule has 1 aliphatic heterocycles. The Labute approximate surface area is 189 Å². The van der Waals surface area contributed by atoms with Crippen LogP contribution in [0.4, 0.5) is 5.95 Å². The number of thioether (sulfide) groups is 1. The number of aromatic amines is 1. The number of nitrogens with one attached hydrogen (secondary N) is 1. The summed E-state index contributed by atoms with van der Waals surface area (Å²) in [6, 6.07) is 15.7. The van der Waals surface area contributed by atoms with Crippen molar-refractivity contribution in [1.82, 2.24) is 24.7 Å². The number of aromatic nitrogens is 5. The van der Waals surface area contributed by atoms with Crippen LogP contribution in [0, 0.1) is 6.92 Å². The second-order valence-corrected chi connectivity index (χ2v) is 9.09. The number of hydrogen-bond acceptors (Lipinski definition) is 7. The zero-order chi connectivity index (χ0) is 22.1. The van der Waals surface area contributed by atoms with Crippen molar-refractivity contribution < 1.29 is 4.74 Å². The fraction of sp³-hybridized carbons (Fsp3) is 0.304. The van der Waals surface area contributed by atoms with Crippen LogP contribution < -0.4 is 10.5 Å². The van der Waals surface area contributed by atoms with E-state index >= 15 is 0 Å². The van der Waals surface area contributed by atoms with E-state index in [1.807, 2.05) is 25.1 Å². The number of rotatable bonds is 5. The average Bonchev–Trinajstić information content (AvgIpc) is 3.23. The molecule has 0 aliphatic carbocycles. The first-order valence-corrected chi connectivity index (χ1v) is 11.5. The molecule has 4 aromatic rings. The summed E-state index contributed by atoms with van der Waals surface area (Å²) in [5.41, 5.74) is 2.74. The Balaban J connectivity index is 1.52. The molecule has 2 aromatic carbocycles. The highest BCUT2D eigenvalue weighted by Gasteiger charge is 2.24. The second kappa shape index (κ2) is 8.76. The Morgan fingerprint density at radius 1 is 1.06 bits per heavy atom. The maximum Gasteiger partial charge on any atom is 0.258 e. The zero-order valence-corrected chi connectivity index (χ0v) is 18.8. The Morgan fingerprint density at radius 3 is 2.59 bits per heavy atom. The van der Waals surface area contributed by atoms with Crippen LogP contribution in [0.15, 0.2) is 58.5 Å². The predicted octanol–water partition coefficient (Wildman–Crippen LogP) is 3.50. The summed E-state index contributed by atoms with van der Waals surface area (Å²) >= 11 is 1.52. The van der Waals surface area contributed by atoms with Gasteiger partial charge in [0, 0.05) is 13.1 Å². The van der Waals surface area contributed by atoms with Gasteiger partial charge in [-0.25, -0.2) is 4.98 Å². The fourth-order valence-corrected chi connectivity index (χ4v) is 4.66. The topological polar surface area (TPSA) is 88.9 Å². The highest BCUT2D eigenvalue weighted by Crippen LogP contribution is 2.35. The van der Waals surface area contributed by atoms with Crippen molar-refractivity contribution >= 4 is 28.6 Å². The van der Waals surface area contributed by atoms with Gasteiger partial charge in [0.25, 0.3) is 5.56 Å². The van der Waals surface area contributed by atoms with E-state index in [-0.39, 0.29) is 10.8 Å². The first kappa shape index (κ1) is 20.7. The maximum absolute atomic E-state index is 12.5. The van der Waals surface area contributed by atoms with Gasteiger partial charge in [-0.05, 0) is 38.1 Å². The first-order valence-electron chi connectivity index (χ1n) is 10.6. The molecule has 8 nitrogen and oxygen atoms in total. The summed E-state index contributed by atoms with van der Waals surface area (Å²) < 4.78 is 7.59. The van der Waals surface area contributed by atoms with Gasteiger partial charge in [-0.15, -0.1) is 10.2 Å². The molecule has 164 valence electrons. The van der Waals surface area contributed by atoms with Gasteiger partial charge >= 0.3 is 0 Å². The van der Waals surface area contributed by atoms with Crippen LogP contribution in [0.2, 0.25) is 0 Å². The molecule has 0 amide bonds. The SMILES string of the molecule is Cc1ccc(-n2c(S[C@H](C)c3nc4ccccc4c(=O)[nH]3)nnc2N2CCOCC2)cc1. The van der Waals surface area contributed by atoms with E-state index in [1.165, 1.54) is 17.3 Å². The summed E-state index contributed by atoms with van der Waals surface area (Å²) in [4.78, 5) is 22.3. The lowest BCUT2D eigenvalue weighted by molar-refractivity contribution is 0.122. The van der Waals surface area contributed by atoms with Crippen LogP contribution >= 0.6 is 11.8 Å². The quantitative estimate of drug-likeness (QED) is 0.468. The molecule has 0 saturated carbocycles. The average molecular weight is 449 g/mol. The largest absolute Gasteiger partial charge is 0.378 e. The van der Waals surface area contributed by atoms with Crippen molar-refractivity contribution in [2.45, 2.75) is 24.3 Å². The van der Waals surface area contributed by atoms with Crippen molar-refractivity contribution in [1.29, 1.82) is 0 Å². The van der Waals surface area contributed by atoms with Crippen LogP contribution in [-0.4, -0.2) is 51.0 Å². The van der Waals surface area contributed by atoms with Crippen molar-refractivity contribution in [3.8, 4) is 5.69 Å².